The number of hydrogen-bond acceptors (Lipinski definition) is 4. The quantitative estimate of drug-likeness (QED) is 0.679. The van der Waals surface area contributed by atoms with Gasteiger partial charge in [-0.25, -0.2) is 4.98 Å². The Morgan fingerprint density at radius 1 is 1.19 bits per heavy atom. The van der Waals surface area contributed by atoms with Gasteiger partial charge in [0.25, 0.3) is 5.91 Å². The number of amides is 1. The summed E-state index contributed by atoms with van der Waals surface area (Å²) in [4.78, 5) is 19.4. The van der Waals surface area contributed by atoms with Crippen LogP contribution < -0.4 is 0 Å². The topological polar surface area (TPSA) is 63.9 Å². The van der Waals surface area contributed by atoms with Crippen molar-refractivity contribution < 1.29 is 4.79 Å². The molecule has 0 unspecified atom stereocenters. The summed E-state index contributed by atoms with van der Waals surface area (Å²) in [5.74, 6) is 0.699. The summed E-state index contributed by atoms with van der Waals surface area (Å²) in [5, 5.41) is 9.19. The summed E-state index contributed by atoms with van der Waals surface area (Å²) in [5.41, 5.74) is 4.26. The Balaban J connectivity index is 1.69. The molecule has 0 fully saturated rings. The molecule has 0 radical (unpaired) electrons. The van der Waals surface area contributed by atoms with E-state index < -0.39 is 0 Å². The third kappa shape index (κ3) is 2.90. The first-order valence-corrected chi connectivity index (χ1v) is 9.29. The summed E-state index contributed by atoms with van der Waals surface area (Å²) in [6.45, 7) is 6.45. The number of halogens is 1. The molecule has 7 heteroatoms. The number of nitrogens with zero attached hydrogens (tertiary/aromatic N) is 5. The van der Waals surface area contributed by atoms with E-state index in [1.54, 1.807) is 16.9 Å². The molecular weight excluding hydrogens is 362 g/mol. The third-order valence-corrected chi connectivity index (χ3v) is 5.61. The highest BCUT2D eigenvalue weighted by atomic mass is 35.5. The zero-order valence-electron chi connectivity index (χ0n) is 15.5. The molecule has 0 saturated heterocycles. The standard InChI is InChI=1S/C20H20ClN5O/c1-12-6-4-8-15(17(12)21)20(27)25-11-9-16-18(14(25)3)23-24-26(16)19-13(2)7-5-10-22-19/h4-8,10,14H,9,11H2,1-3H3/t14-/m0/s1. The van der Waals surface area contributed by atoms with E-state index in [-0.39, 0.29) is 11.9 Å². The second-order valence-corrected chi connectivity index (χ2v) is 7.22. The Labute approximate surface area is 162 Å². The van der Waals surface area contributed by atoms with Gasteiger partial charge in [0.05, 0.1) is 22.3 Å². The van der Waals surface area contributed by atoms with E-state index in [1.807, 2.05) is 49.9 Å². The molecule has 4 rings (SSSR count). The number of rotatable bonds is 2. The van der Waals surface area contributed by atoms with Crippen LogP contribution >= 0.6 is 11.6 Å². The number of hydrogen-bond donors (Lipinski definition) is 0. The van der Waals surface area contributed by atoms with Crippen molar-refractivity contribution in [3.63, 3.8) is 0 Å². The Kier molecular flexibility index (Phi) is 4.44. The highest BCUT2D eigenvalue weighted by molar-refractivity contribution is 6.34. The van der Waals surface area contributed by atoms with E-state index in [9.17, 15) is 4.79 Å². The summed E-state index contributed by atoms with van der Waals surface area (Å²) < 4.78 is 1.79. The van der Waals surface area contributed by atoms with Gasteiger partial charge in [0.1, 0.15) is 5.69 Å². The first-order chi connectivity index (χ1) is 13.0. The molecular formula is C20H20ClN5O. The molecule has 3 heterocycles. The normalized spacial score (nSPS) is 16.3. The van der Waals surface area contributed by atoms with E-state index in [4.69, 9.17) is 11.6 Å². The van der Waals surface area contributed by atoms with Crippen molar-refractivity contribution in [1.29, 1.82) is 0 Å². The maximum absolute atomic E-state index is 13.1. The molecule has 6 nitrogen and oxygen atoms in total. The fourth-order valence-electron chi connectivity index (χ4n) is 3.55. The number of benzene rings is 1. The second-order valence-electron chi connectivity index (χ2n) is 6.84. The monoisotopic (exact) mass is 381 g/mol. The molecule has 1 aliphatic heterocycles. The van der Waals surface area contributed by atoms with Gasteiger partial charge in [-0.3, -0.25) is 4.79 Å². The highest BCUT2D eigenvalue weighted by Crippen LogP contribution is 2.32. The Bertz CT molecular complexity index is 1030. The van der Waals surface area contributed by atoms with Crippen LogP contribution in [0.5, 0.6) is 0 Å². The van der Waals surface area contributed by atoms with Gasteiger partial charge in [-0.2, -0.15) is 4.68 Å². The largest absolute Gasteiger partial charge is 0.330 e. The number of carbonyl (C=O) groups excluding carboxylic acids is 1. The molecule has 0 N–H and O–H groups in total. The minimum absolute atomic E-state index is 0.0783. The minimum atomic E-state index is -0.185. The molecule has 1 aliphatic rings. The third-order valence-electron chi connectivity index (χ3n) is 5.11. The van der Waals surface area contributed by atoms with Crippen LogP contribution in [0.2, 0.25) is 5.02 Å². The summed E-state index contributed by atoms with van der Waals surface area (Å²) in [6.07, 6.45) is 2.41. The first kappa shape index (κ1) is 17.7. The maximum Gasteiger partial charge on any atom is 0.255 e. The van der Waals surface area contributed by atoms with E-state index in [1.165, 1.54) is 0 Å². The van der Waals surface area contributed by atoms with Crippen LogP contribution in [0.1, 0.15) is 45.8 Å². The molecule has 0 spiro atoms. The van der Waals surface area contributed by atoms with Crippen molar-refractivity contribution in [2.75, 3.05) is 6.54 Å². The van der Waals surface area contributed by atoms with Gasteiger partial charge in [-0.15, -0.1) is 5.10 Å². The Morgan fingerprint density at radius 2 is 1.96 bits per heavy atom. The number of aryl methyl sites for hydroxylation is 2. The molecule has 0 bridgehead atoms. The first-order valence-electron chi connectivity index (χ1n) is 8.91. The predicted molar refractivity (Wildman–Crippen MR) is 103 cm³/mol. The number of fused-ring (bicyclic) bond motifs is 1. The molecule has 0 aliphatic carbocycles. The van der Waals surface area contributed by atoms with E-state index in [0.29, 0.717) is 23.6 Å². The van der Waals surface area contributed by atoms with Crippen LogP contribution in [0.4, 0.5) is 0 Å². The van der Waals surface area contributed by atoms with E-state index in [0.717, 1.165) is 28.3 Å². The van der Waals surface area contributed by atoms with Crippen molar-refractivity contribution >= 4 is 17.5 Å². The molecule has 1 amide bonds. The average molecular weight is 382 g/mol. The lowest BCUT2D eigenvalue weighted by molar-refractivity contribution is 0.0672. The van der Waals surface area contributed by atoms with Gasteiger partial charge >= 0.3 is 0 Å². The Hall–Kier alpha value is -2.73. The minimum Gasteiger partial charge on any atom is -0.330 e. The van der Waals surface area contributed by atoms with E-state index >= 15 is 0 Å². The summed E-state index contributed by atoms with van der Waals surface area (Å²) >= 11 is 6.37. The van der Waals surface area contributed by atoms with Gasteiger partial charge < -0.3 is 4.90 Å². The summed E-state index contributed by atoms with van der Waals surface area (Å²) in [7, 11) is 0. The second kappa shape index (κ2) is 6.78. The molecule has 2 aromatic heterocycles. The number of carbonyl (C=O) groups is 1. The lowest BCUT2D eigenvalue weighted by Gasteiger charge is -2.33. The van der Waals surface area contributed by atoms with Gasteiger partial charge in [0.15, 0.2) is 5.82 Å². The summed E-state index contributed by atoms with van der Waals surface area (Å²) in [6, 6.07) is 9.24. The lowest BCUT2D eigenvalue weighted by Crippen LogP contribution is -2.39. The van der Waals surface area contributed by atoms with Crippen LogP contribution in [-0.2, 0) is 6.42 Å². The number of aromatic nitrogens is 4. The van der Waals surface area contributed by atoms with E-state index in [2.05, 4.69) is 15.3 Å². The zero-order valence-corrected chi connectivity index (χ0v) is 16.2. The SMILES string of the molecule is Cc1cccnc1-n1nnc2c1CCN(C(=O)c1cccc(C)c1Cl)[C@H]2C. The molecule has 27 heavy (non-hydrogen) atoms. The number of pyridine rings is 1. The smallest absolute Gasteiger partial charge is 0.255 e. The molecule has 1 atom stereocenters. The fraction of sp³-hybridized carbons (Fsp3) is 0.300. The van der Waals surface area contributed by atoms with Crippen molar-refractivity contribution in [3.8, 4) is 5.82 Å². The molecule has 3 aromatic rings. The van der Waals surface area contributed by atoms with Crippen molar-refractivity contribution in [2.45, 2.75) is 33.2 Å². The molecule has 0 saturated carbocycles. The van der Waals surface area contributed by atoms with Crippen LogP contribution in [0.15, 0.2) is 36.5 Å². The van der Waals surface area contributed by atoms with Gasteiger partial charge in [-0.05, 0) is 44.0 Å². The predicted octanol–water partition coefficient (Wildman–Crippen LogP) is 3.69. The van der Waals surface area contributed by atoms with Gasteiger partial charge in [0, 0.05) is 19.2 Å². The average Bonchev–Trinajstić information content (AvgIpc) is 3.09. The van der Waals surface area contributed by atoms with Crippen molar-refractivity contribution in [1.82, 2.24) is 24.9 Å². The molecule has 138 valence electrons. The highest BCUT2D eigenvalue weighted by Gasteiger charge is 2.33. The fourth-order valence-corrected chi connectivity index (χ4v) is 3.76. The van der Waals surface area contributed by atoms with Crippen LogP contribution in [0.3, 0.4) is 0 Å². The van der Waals surface area contributed by atoms with Crippen molar-refractivity contribution in [2.24, 2.45) is 0 Å². The lowest BCUT2D eigenvalue weighted by atomic mass is 10.0. The molecule has 1 aromatic carbocycles. The van der Waals surface area contributed by atoms with Gasteiger partial charge in [0.2, 0.25) is 0 Å². The van der Waals surface area contributed by atoms with Crippen LogP contribution in [0.25, 0.3) is 5.82 Å². The zero-order chi connectivity index (χ0) is 19.1. The maximum atomic E-state index is 13.1. The van der Waals surface area contributed by atoms with Crippen molar-refractivity contribution in [3.05, 3.63) is 69.6 Å². The van der Waals surface area contributed by atoms with Crippen LogP contribution in [-0.4, -0.2) is 37.3 Å². The Morgan fingerprint density at radius 3 is 2.74 bits per heavy atom. The van der Waals surface area contributed by atoms with Crippen LogP contribution in [0, 0.1) is 13.8 Å². The van der Waals surface area contributed by atoms with Gasteiger partial charge in [-0.1, -0.05) is 35.0 Å².